The second-order valence-electron chi connectivity index (χ2n) is 6.84. The Morgan fingerprint density at radius 3 is 2.76 bits per heavy atom. The molecule has 1 aliphatic heterocycles. The summed E-state index contributed by atoms with van der Waals surface area (Å²) in [4.78, 5) is 26.3. The van der Waals surface area contributed by atoms with Crippen molar-refractivity contribution in [1.29, 1.82) is 0 Å². The molecule has 7 heteroatoms. The molecule has 25 heavy (non-hydrogen) atoms. The largest absolute Gasteiger partial charge is 0.488 e. The van der Waals surface area contributed by atoms with E-state index in [1.54, 1.807) is 30.1 Å². The number of rotatable bonds is 4. The van der Waals surface area contributed by atoms with E-state index in [4.69, 9.17) is 4.74 Å². The Labute approximate surface area is 149 Å². The van der Waals surface area contributed by atoms with Crippen molar-refractivity contribution < 1.29 is 14.3 Å². The SMILES string of the molecule is CNC[C@@H]1Oc2ccc(NC(=O)NC(C)C)cc2C(=O)N(C)C[C@@H]1C. The molecule has 0 aliphatic carbocycles. The number of carbonyl (C=O) groups is 2. The Bertz CT molecular complexity index is 633. The van der Waals surface area contributed by atoms with Gasteiger partial charge in [0.25, 0.3) is 5.91 Å². The standard InChI is InChI=1S/C18H28N4O3/c1-11(2)20-18(24)21-13-6-7-15-14(8-13)17(23)22(5)10-12(3)16(25-15)9-19-4/h6-8,11-12,16,19H,9-10H2,1-5H3,(H2,20,21,24)/t12-,16-/m0/s1. The fraction of sp³-hybridized carbons (Fsp3) is 0.556. The Morgan fingerprint density at radius 1 is 1.40 bits per heavy atom. The van der Waals surface area contributed by atoms with Crippen molar-refractivity contribution in [2.75, 3.05) is 32.5 Å². The molecule has 0 aromatic heterocycles. The molecule has 1 heterocycles. The molecule has 138 valence electrons. The first kappa shape index (κ1) is 19.1. The molecule has 0 saturated heterocycles. The summed E-state index contributed by atoms with van der Waals surface area (Å²) in [6.07, 6.45) is -0.0395. The molecule has 2 rings (SSSR count). The number of nitrogens with zero attached hydrogens (tertiary/aromatic N) is 1. The van der Waals surface area contributed by atoms with Crippen LogP contribution in [0.2, 0.25) is 0 Å². The maximum atomic E-state index is 12.7. The van der Waals surface area contributed by atoms with E-state index >= 15 is 0 Å². The van der Waals surface area contributed by atoms with Gasteiger partial charge in [0, 0.05) is 37.8 Å². The van der Waals surface area contributed by atoms with Gasteiger partial charge in [-0.3, -0.25) is 4.79 Å². The van der Waals surface area contributed by atoms with E-state index in [1.165, 1.54) is 0 Å². The lowest BCUT2D eigenvalue weighted by molar-refractivity contribution is 0.0637. The highest BCUT2D eigenvalue weighted by molar-refractivity contribution is 5.99. The van der Waals surface area contributed by atoms with Crippen molar-refractivity contribution in [2.24, 2.45) is 5.92 Å². The van der Waals surface area contributed by atoms with E-state index < -0.39 is 0 Å². The van der Waals surface area contributed by atoms with Crippen molar-refractivity contribution in [2.45, 2.75) is 32.9 Å². The first-order chi connectivity index (χ1) is 11.8. The molecule has 1 aliphatic rings. The topological polar surface area (TPSA) is 82.7 Å². The molecule has 2 atom stereocenters. The third-order valence-corrected chi connectivity index (χ3v) is 4.11. The lowest BCUT2D eigenvalue weighted by atomic mass is 10.0. The van der Waals surface area contributed by atoms with Crippen molar-refractivity contribution >= 4 is 17.6 Å². The monoisotopic (exact) mass is 348 g/mol. The minimum Gasteiger partial charge on any atom is -0.488 e. The summed E-state index contributed by atoms with van der Waals surface area (Å²) >= 11 is 0. The van der Waals surface area contributed by atoms with Crippen molar-refractivity contribution in [3.05, 3.63) is 23.8 Å². The highest BCUT2D eigenvalue weighted by Crippen LogP contribution is 2.29. The van der Waals surface area contributed by atoms with Gasteiger partial charge in [-0.05, 0) is 39.1 Å². The highest BCUT2D eigenvalue weighted by Gasteiger charge is 2.28. The average molecular weight is 348 g/mol. The molecule has 0 bridgehead atoms. The fourth-order valence-electron chi connectivity index (χ4n) is 2.87. The van der Waals surface area contributed by atoms with Gasteiger partial charge in [-0.2, -0.15) is 0 Å². The van der Waals surface area contributed by atoms with Crippen LogP contribution < -0.4 is 20.7 Å². The second kappa shape index (κ2) is 8.20. The minimum absolute atomic E-state index is 0.0317. The number of carbonyl (C=O) groups excluding carboxylic acids is 2. The molecule has 0 spiro atoms. The fourth-order valence-corrected chi connectivity index (χ4v) is 2.87. The molecule has 3 amide bonds. The van der Waals surface area contributed by atoms with Crippen LogP contribution in [0, 0.1) is 5.92 Å². The smallest absolute Gasteiger partial charge is 0.319 e. The predicted molar refractivity (Wildman–Crippen MR) is 98.2 cm³/mol. The lowest BCUT2D eigenvalue weighted by Crippen LogP contribution is -2.44. The molecule has 0 saturated carbocycles. The minimum atomic E-state index is -0.302. The van der Waals surface area contributed by atoms with E-state index in [2.05, 4.69) is 22.9 Å². The first-order valence-corrected chi connectivity index (χ1v) is 8.60. The summed E-state index contributed by atoms with van der Waals surface area (Å²) in [5.41, 5.74) is 1.01. The van der Waals surface area contributed by atoms with Crippen LogP contribution in [0.5, 0.6) is 5.75 Å². The van der Waals surface area contributed by atoms with Gasteiger partial charge in [0.05, 0.1) is 5.56 Å². The Balaban J connectivity index is 2.29. The summed E-state index contributed by atoms with van der Waals surface area (Å²) in [5, 5.41) is 8.64. The quantitative estimate of drug-likeness (QED) is 0.776. The molecular formula is C18H28N4O3. The van der Waals surface area contributed by atoms with Gasteiger partial charge in [-0.1, -0.05) is 6.92 Å². The number of likely N-dealkylation sites (N-methyl/N-ethyl adjacent to an activating group) is 1. The molecule has 0 radical (unpaired) electrons. The van der Waals surface area contributed by atoms with Gasteiger partial charge < -0.3 is 25.6 Å². The van der Waals surface area contributed by atoms with E-state index in [1.807, 2.05) is 20.9 Å². The lowest BCUT2D eigenvalue weighted by Gasteiger charge is -2.32. The van der Waals surface area contributed by atoms with Crippen LogP contribution in [-0.2, 0) is 0 Å². The average Bonchev–Trinajstić information content (AvgIpc) is 2.53. The molecule has 1 aromatic carbocycles. The van der Waals surface area contributed by atoms with E-state index in [-0.39, 0.29) is 30.0 Å². The van der Waals surface area contributed by atoms with Crippen molar-refractivity contribution in [1.82, 2.24) is 15.5 Å². The summed E-state index contributed by atoms with van der Waals surface area (Å²) in [6, 6.07) is 4.88. The molecule has 3 N–H and O–H groups in total. The number of ether oxygens (including phenoxy) is 1. The van der Waals surface area contributed by atoms with Gasteiger partial charge in [-0.25, -0.2) is 4.79 Å². The van der Waals surface area contributed by atoms with Gasteiger partial charge in [0.1, 0.15) is 11.9 Å². The Hall–Kier alpha value is -2.28. The number of amides is 3. The van der Waals surface area contributed by atoms with E-state index in [0.29, 0.717) is 30.1 Å². The molecule has 1 aromatic rings. The Kier molecular flexibility index (Phi) is 6.25. The molecule has 7 nitrogen and oxygen atoms in total. The summed E-state index contributed by atoms with van der Waals surface area (Å²) < 4.78 is 6.09. The van der Waals surface area contributed by atoms with E-state index in [0.717, 1.165) is 0 Å². The zero-order chi connectivity index (χ0) is 18.6. The number of hydrogen-bond acceptors (Lipinski definition) is 4. The zero-order valence-corrected chi connectivity index (χ0v) is 15.6. The summed E-state index contributed by atoms with van der Waals surface area (Å²) in [7, 11) is 3.67. The van der Waals surface area contributed by atoms with Crippen molar-refractivity contribution in [3.63, 3.8) is 0 Å². The third-order valence-electron chi connectivity index (χ3n) is 4.11. The highest BCUT2D eigenvalue weighted by atomic mass is 16.5. The second-order valence-corrected chi connectivity index (χ2v) is 6.84. The van der Waals surface area contributed by atoms with Crippen LogP contribution in [0.4, 0.5) is 10.5 Å². The predicted octanol–water partition coefficient (Wildman–Crippen LogP) is 1.90. The van der Waals surface area contributed by atoms with Crippen LogP contribution in [0.15, 0.2) is 18.2 Å². The van der Waals surface area contributed by atoms with Crippen molar-refractivity contribution in [3.8, 4) is 5.75 Å². The van der Waals surface area contributed by atoms with Gasteiger partial charge in [-0.15, -0.1) is 0 Å². The van der Waals surface area contributed by atoms with Crippen LogP contribution in [0.3, 0.4) is 0 Å². The summed E-state index contributed by atoms with van der Waals surface area (Å²) in [5.74, 6) is 0.625. The normalized spacial score (nSPS) is 20.4. The number of urea groups is 1. The zero-order valence-electron chi connectivity index (χ0n) is 15.6. The van der Waals surface area contributed by atoms with Gasteiger partial charge in [0.2, 0.25) is 0 Å². The third kappa shape index (κ3) is 4.85. The van der Waals surface area contributed by atoms with Crippen LogP contribution in [0.25, 0.3) is 0 Å². The van der Waals surface area contributed by atoms with Crippen LogP contribution in [0.1, 0.15) is 31.1 Å². The van der Waals surface area contributed by atoms with Gasteiger partial charge in [0.15, 0.2) is 0 Å². The maximum absolute atomic E-state index is 12.7. The Morgan fingerprint density at radius 2 is 2.12 bits per heavy atom. The first-order valence-electron chi connectivity index (χ1n) is 8.60. The van der Waals surface area contributed by atoms with E-state index in [9.17, 15) is 9.59 Å². The number of nitrogens with one attached hydrogen (secondary N) is 3. The summed E-state index contributed by atoms with van der Waals surface area (Å²) in [6.45, 7) is 7.14. The van der Waals surface area contributed by atoms with Crippen LogP contribution >= 0.6 is 0 Å². The van der Waals surface area contributed by atoms with Gasteiger partial charge >= 0.3 is 6.03 Å². The molecular weight excluding hydrogens is 320 g/mol. The maximum Gasteiger partial charge on any atom is 0.319 e. The molecule has 0 fully saturated rings. The number of anilines is 1. The number of fused-ring (bicyclic) bond motifs is 1. The number of hydrogen-bond donors (Lipinski definition) is 3. The molecule has 0 unspecified atom stereocenters. The number of benzene rings is 1. The van der Waals surface area contributed by atoms with Crippen LogP contribution in [-0.4, -0.2) is 56.2 Å².